The third kappa shape index (κ3) is 3.73. The van der Waals surface area contributed by atoms with Crippen LogP contribution in [0.1, 0.15) is 17.7 Å². The van der Waals surface area contributed by atoms with Crippen LogP contribution in [0.3, 0.4) is 0 Å². The van der Waals surface area contributed by atoms with Crippen LogP contribution < -0.4 is 5.32 Å². The Kier molecular flexibility index (Phi) is 5.01. The minimum Gasteiger partial charge on any atom is -0.311 e. The Labute approximate surface area is 116 Å². The molecule has 1 aromatic rings. The lowest BCUT2D eigenvalue weighted by atomic mass is 10.2. The molecule has 2 heterocycles. The van der Waals surface area contributed by atoms with E-state index in [1.807, 2.05) is 0 Å². The first-order chi connectivity index (χ1) is 7.25. The third-order valence-corrected chi connectivity index (χ3v) is 7.05. The molecule has 1 fully saturated rings. The van der Waals surface area contributed by atoms with Crippen molar-refractivity contribution in [3.05, 3.63) is 19.2 Å². The van der Waals surface area contributed by atoms with Crippen LogP contribution >= 0.6 is 55.0 Å². The van der Waals surface area contributed by atoms with Gasteiger partial charge in [0, 0.05) is 27.7 Å². The fourth-order valence-electron chi connectivity index (χ4n) is 1.64. The maximum Gasteiger partial charge on any atom is 0.0843 e. The van der Waals surface area contributed by atoms with Crippen molar-refractivity contribution >= 4 is 55.0 Å². The monoisotopic (exact) mass is 369 g/mol. The molecule has 1 aliphatic heterocycles. The number of hydrogen-bond acceptors (Lipinski definition) is 3. The first-order valence-electron chi connectivity index (χ1n) is 5.02. The molecule has 1 atom stereocenters. The molecule has 0 spiro atoms. The van der Waals surface area contributed by atoms with Crippen molar-refractivity contribution in [3.8, 4) is 0 Å². The van der Waals surface area contributed by atoms with Gasteiger partial charge >= 0.3 is 0 Å². The SMILES string of the molecule is Brc1cc(CNCC2CCCS2)sc1Br. The van der Waals surface area contributed by atoms with Crippen molar-refractivity contribution in [2.75, 3.05) is 12.3 Å². The van der Waals surface area contributed by atoms with Gasteiger partial charge in [0.05, 0.1) is 3.79 Å². The van der Waals surface area contributed by atoms with Gasteiger partial charge in [-0.2, -0.15) is 11.8 Å². The highest BCUT2D eigenvalue weighted by Crippen LogP contribution is 2.32. The van der Waals surface area contributed by atoms with E-state index in [4.69, 9.17) is 0 Å². The van der Waals surface area contributed by atoms with Gasteiger partial charge in [-0.15, -0.1) is 11.3 Å². The molecule has 5 heteroatoms. The molecule has 1 saturated heterocycles. The fraction of sp³-hybridized carbons (Fsp3) is 0.600. The van der Waals surface area contributed by atoms with Crippen molar-refractivity contribution in [2.45, 2.75) is 24.6 Å². The predicted molar refractivity (Wildman–Crippen MR) is 76.9 cm³/mol. The van der Waals surface area contributed by atoms with E-state index in [-0.39, 0.29) is 0 Å². The maximum absolute atomic E-state index is 3.53. The minimum atomic E-state index is 0.844. The van der Waals surface area contributed by atoms with Gasteiger partial charge in [-0.3, -0.25) is 0 Å². The Bertz CT molecular complexity index is 302. The molecular formula is C10H13Br2NS2. The van der Waals surface area contributed by atoms with Gasteiger partial charge in [-0.1, -0.05) is 0 Å². The lowest BCUT2D eigenvalue weighted by Crippen LogP contribution is -2.22. The summed E-state index contributed by atoms with van der Waals surface area (Å²) in [5.74, 6) is 1.35. The van der Waals surface area contributed by atoms with E-state index in [0.29, 0.717) is 0 Å². The summed E-state index contributed by atoms with van der Waals surface area (Å²) < 4.78 is 2.36. The first-order valence-corrected chi connectivity index (χ1v) is 8.47. The highest BCUT2D eigenvalue weighted by atomic mass is 79.9. The highest BCUT2D eigenvalue weighted by Gasteiger charge is 2.14. The number of halogens is 2. The molecule has 0 aromatic carbocycles. The average Bonchev–Trinajstić information content (AvgIpc) is 2.79. The molecule has 2 rings (SSSR count). The number of rotatable bonds is 4. The van der Waals surface area contributed by atoms with E-state index in [2.05, 4.69) is 55.0 Å². The molecule has 0 saturated carbocycles. The van der Waals surface area contributed by atoms with Crippen LogP contribution in [0, 0.1) is 0 Å². The zero-order valence-electron chi connectivity index (χ0n) is 8.26. The zero-order valence-corrected chi connectivity index (χ0v) is 13.1. The van der Waals surface area contributed by atoms with Gasteiger partial charge in [0.15, 0.2) is 0 Å². The Balaban J connectivity index is 1.73. The molecule has 15 heavy (non-hydrogen) atoms. The van der Waals surface area contributed by atoms with Crippen molar-refractivity contribution in [1.82, 2.24) is 5.32 Å². The van der Waals surface area contributed by atoms with Crippen molar-refractivity contribution < 1.29 is 0 Å². The predicted octanol–water partition coefficient (Wildman–Crippen LogP) is 4.26. The molecule has 1 aliphatic rings. The summed E-state index contributed by atoms with van der Waals surface area (Å²) >= 11 is 10.9. The average molecular weight is 371 g/mol. The van der Waals surface area contributed by atoms with Crippen molar-refractivity contribution in [3.63, 3.8) is 0 Å². The molecule has 1 nitrogen and oxygen atoms in total. The molecular weight excluding hydrogens is 358 g/mol. The zero-order chi connectivity index (χ0) is 10.7. The maximum atomic E-state index is 3.53. The highest BCUT2D eigenvalue weighted by molar-refractivity contribution is 9.13. The number of hydrogen-bond donors (Lipinski definition) is 1. The molecule has 0 bridgehead atoms. The van der Waals surface area contributed by atoms with Crippen LogP contribution in [0.4, 0.5) is 0 Å². The topological polar surface area (TPSA) is 12.0 Å². The number of thiophene rings is 1. The van der Waals surface area contributed by atoms with Crippen molar-refractivity contribution in [2.24, 2.45) is 0 Å². The van der Waals surface area contributed by atoms with Crippen LogP contribution in [-0.4, -0.2) is 17.5 Å². The Morgan fingerprint density at radius 3 is 2.93 bits per heavy atom. The van der Waals surface area contributed by atoms with Crippen LogP contribution in [0.25, 0.3) is 0 Å². The summed E-state index contributed by atoms with van der Waals surface area (Å²) in [5.41, 5.74) is 0. The molecule has 1 N–H and O–H groups in total. The summed E-state index contributed by atoms with van der Waals surface area (Å²) in [6, 6.07) is 2.18. The van der Waals surface area contributed by atoms with Gasteiger partial charge in [0.25, 0.3) is 0 Å². The third-order valence-electron chi connectivity index (χ3n) is 2.39. The molecule has 1 aromatic heterocycles. The van der Waals surface area contributed by atoms with E-state index in [0.717, 1.165) is 18.3 Å². The molecule has 0 aliphatic carbocycles. The Morgan fingerprint density at radius 2 is 2.33 bits per heavy atom. The lowest BCUT2D eigenvalue weighted by molar-refractivity contribution is 0.650. The lowest BCUT2D eigenvalue weighted by Gasteiger charge is -2.08. The first kappa shape index (κ1) is 12.4. The largest absolute Gasteiger partial charge is 0.311 e. The van der Waals surface area contributed by atoms with Gasteiger partial charge in [-0.05, 0) is 56.5 Å². The van der Waals surface area contributed by atoms with Crippen molar-refractivity contribution in [1.29, 1.82) is 0 Å². The van der Waals surface area contributed by atoms with Gasteiger partial charge < -0.3 is 5.32 Å². The minimum absolute atomic E-state index is 0.844. The summed E-state index contributed by atoms with van der Waals surface area (Å²) in [6.07, 6.45) is 2.78. The second-order valence-corrected chi connectivity index (χ2v) is 8.32. The molecule has 1 unspecified atom stereocenters. The van der Waals surface area contributed by atoms with E-state index in [1.165, 1.54) is 31.7 Å². The second-order valence-electron chi connectivity index (χ2n) is 3.60. The van der Waals surface area contributed by atoms with Crippen LogP contribution in [-0.2, 0) is 6.54 Å². The summed E-state index contributed by atoms with van der Waals surface area (Å²) in [4.78, 5) is 1.39. The van der Waals surface area contributed by atoms with Gasteiger partial charge in [-0.25, -0.2) is 0 Å². The normalized spacial score (nSPS) is 21.1. The molecule has 84 valence electrons. The molecule has 0 amide bonds. The van der Waals surface area contributed by atoms with Crippen LogP contribution in [0.2, 0.25) is 0 Å². The van der Waals surface area contributed by atoms with E-state index >= 15 is 0 Å². The summed E-state index contributed by atoms with van der Waals surface area (Å²) in [7, 11) is 0. The standard InChI is InChI=1S/C10H13Br2NS2/c11-9-4-8(15-10(9)12)6-13-5-7-2-1-3-14-7/h4,7,13H,1-3,5-6H2. The quantitative estimate of drug-likeness (QED) is 0.849. The smallest absolute Gasteiger partial charge is 0.0843 e. The van der Waals surface area contributed by atoms with Gasteiger partial charge in [0.2, 0.25) is 0 Å². The molecule has 0 radical (unpaired) electrons. The second kappa shape index (κ2) is 6.05. The fourth-order valence-corrected chi connectivity index (χ4v) is 5.02. The van der Waals surface area contributed by atoms with Gasteiger partial charge in [0.1, 0.15) is 0 Å². The van der Waals surface area contributed by atoms with E-state index in [1.54, 1.807) is 11.3 Å². The summed E-state index contributed by atoms with van der Waals surface area (Å²) in [5, 5.41) is 4.38. The number of thioether (sulfide) groups is 1. The van der Waals surface area contributed by atoms with E-state index in [9.17, 15) is 0 Å². The number of nitrogens with one attached hydrogen (secondary N) is 1. The van der Waals surface area contributed by atoms with Crippen LogP contribution in [0.5, 0.6) is 0 Å². The Morgan fingerprint density at radius 1 is 1.47 bits per heavy atom. The van der Waals surface area contributed by atoms with E-state index < -0.39 is 0 Å². The van der Waals surface area contributed by atoms with Crippen LogP contribution in [0.15, 0.2) is 14.3 Å². The summed E-state index contributed by atoms with van der Waals surface area (Å²) in [6.45, 7) is 2.14. The Hall–Kier alpha value is 0.970.